The van der Waals surface area contributed by atoms with Gasteiger partial charge in [-0.1, -0.05) is 0 Å². The summed E-state index contributed by atoms with van der Waals surface area (Å²) in [5.74, 6) is -0.957. The van der Waals surface area contributed by atoms with E-state index < -0.39 is 5.95 Å². The molecule has 0 radical (unpaired) electrons. The molecule has 3 heterocycles. The van der Waals surface area contributed by atoms with Crippen molar-refractivity contribution < 1.29 is 13.9 Å². The van der Waals surface area contributed by atoms with Crippen molar-refractivity contribution in [2.24, 2.45) is 0 Å². The standard InChI is InChI=1S/C15H20FN3O2/c16-14-13(4-1-5-17-14)15(20)19-8-6-18(7-9-19)11-12-3-2-10-21-12/h1,4-5,12H,2-3,6-11H2. The molecule has 1 aromatic heterocycles. The van der Waals surface area contributed by atoms with Crippen molar-refractivity contribution in [2.45, 2.75) is 18.9 Å². The van der Waals surface area contributed by atoms with Gasteiger partial charge in [-0.2, -0.15) is 4.39 Å². The zero-order valence-corrected chi connectivity index (χ0v) is 12.0. The third-order valence-electron chi connectivity index (χ3n) is 4.13. The number of pyridine rings is 1. The quantitative estimate of drug-likeness (QED) is 0.785. The molecule has 2 saturated heterocycles. The maximum atomic E-state index is 13.6. The fourth-order valence-corrected chi connectivity index (χ4v) is 2.93. The zero-order chi connectivity index (χ0) is 14.7. The van der Waals surface area contributed by atoms with Crippen LogP contribution in [0.15, 0.2) is 18.3 Å². The number of hydrogen-bond donors (Lipinski definition) is 0. The molecule has 1 unspecified atom stereocenters. The highest BCUT2D eigenvalue weighted by Gasteiger charge is 2.26. The molecule has 6 heteroatoms. The van der Waals surface area contributed by atoms with Crippen LogP contribution in [0, 0.1) is 5.95 Å². The molecule has 2 aliphatic heterocycles. The first-order chi connectivity index (χ1) is 10.2. The molecule has 0 aromatic carbocycles. The average Bonchev–Trinajstić information content (AvgIpc) is 3.01. The Balaban J connectivity index is 1.53. The minimum absolute atomic E-state index is 0.0603. The molecule has 0 aliphatic carbocycles. The third-order valence-corrected chi connectivity index (χ3v) is 4.13. The molecule has 114 valence electrons. The lowest BCUT2D eigenvalue weighted by Gasteiger charge is -2.35. The van der Waals surface area contributed by atoms with Crippen LogP contribution in [0.2, 0.25) is 0 Å². The first-order valence-electron chi connectivity index (χ1n) is 7.48. The molecule has 1 atom stereocenters. The van der Waals surface area contributed by atoms with E-state index in [-0.39, 0.29) is 11.5 Å². The van der Waals surface area contributed by atoms with Crippen molar-refractivity contribution in [1.29, 1.82) is 0 Å². The van der Waals surface area contributed by atoms with Crippen LogP contribution in [0.4, 0.5) is 4.39 Å². The molecule has 1 aromatic rings. The Hall–Kier alpha value is -1.53. The molecule has 0 saturated carbocycles. The van der Waals surface area contributed by atoms with Gasteiger partial charge in [-0.25, -0.2) is 4.98 Å². The van der Waals surface area contributed by atoms with E-state index in [9.17, 15) is 9.18 Å². The van der Waals surface area contributed by atoms with Crippen LogP contribution in [0.3, 0.4) is 0 Å². The van der Waals surface area contributed by atoms with Crippen LogP contribution < -0.4 is 0 Å². The van der Waals surface area contributed by atoms with Crippen LogP contribution in [0.5, 0.6) is 0 Å². The fraction of sp³-hybridized carbons (Fsp3) is 0.600. The molecular formula is C15H20FN3O2. The van der Waals surface area contributed by atoms with E-state index in [4.69, 9.17) is 4.74 Å². The summed E-state index contributed by atoms with van der Waals surface area (Å²) in [5.41, 5.74) is 0.0603. The van der Waals surface area contributed by atoms with Gasteiger partial charge in [0.15, 0.2) is 0 Å². The first kappa shape index (κ1) is 14.4. The van der Waals surface area contributed by atoms with E-state index in [1.165, 1.54) is 12.3 Å². The largest absolute Gasteiger partial charge is 0.377 e. The number of piperazine rings is 1. The summed E-state index contributed by atoms with van der Waals surface area (Å²) >= 11 is 0. The van der Waals surface area contributed by atoms with Gasteiger partial charge in [-0.05, 0) is 25.0 Å². The molecular weight excluding hydrogens is 273 g/mol. The van der Waals surface area contributed by atoms with Crippen LogP contribution >= 0.6 is 0 Å². The third kappa shape index (κ3) is 3.39. The summed E-state index contributed by atoms with van der Waals surface area (Å²) in [4.78, 5) is 19.8. The second-order valence-electron chi connectivity index (χ2n) is 5.57. The lowest BCUT2D eigenvalue weighted by atomic mass is 10.2. The Bertz CT molecular complexity index is 497. The summed E-state index contributed by atoms with van der Waals surface area (Å²) in [6, 6.07) is 3.08. The SMILES string of the molecule is O=C(c1cccnc1F)N1CCN(CC2CCCO2)CC1. The highest BCUT2D eigenvalue weighted by molar-refractivity contribution is 5.94. The minimum atomic E-state index is -0.690. The topological polar surface area (TPSA) is 45.7 Å². The smallest absolute Gasteiger partial charge is 0.258 e. The van der Waals surface area contributed by atoms with Gasteiger partial charge in [-0.15, -0.1) is 0 Å². The van der Waals surface area contributed by atoms with Gasteiger partial charge in [0.1, 0.15) is 0 Å². The molecule has 3 rings (SSSR count). The summed E-state index contributed by atoms with van der Waals surface area (Å²) in [5, 5.41) is 0. The maximum Gasteiger partial charge on any atom is 0.258 e. The van der Waals surface area contributed by atoms with E-state index >= 15 is 0 Å². The monoisotopic (exact) mass is 293 g/mol. The number of nitrogens with zero attached hydrogens (tertiary/aromatic N) is 3. The fourth-order valence-electron chi connectivity index (χ4n) is 2.93. The van der Waals surface area contributed by atoms with Gasteiger partial charge in [0.2, 0.25) is 5.95 Å². The summed E-state index contributed by atoms with van der Waals surface area (Å²) in [7, 11) is 0. The van der Waals surface area contributed by atoms with Gasteiger partial charge in [0.05, 0.1) is 11.7 Å². The summed E-state index contributed by atoms with van der Waals surface area (Å²) in [6.07, 6.45) is 3.96. The van der Waals surface area contributed by atoms with E-state index in [2.05, 4.69) is 9.88 Å². The molecule has 5 nitrogen and oxygen atoms in total. The Kier molecular flexibility index (Phi) is 4.45. The number of carbonyl (C=O) groups excluding carboxylic acids is 1. The van der Waals surface area contributed by atoms with Crippen molar-refractivity contribution in [3.8, 4) is 0 Å². The number of rotatable bonds is 3. The number of ether oxygens (including phenoxy) is 1. The predicted molar refractivity (Wildman–Crippen MR) is 75.5 cm³/mol. The van der Waals surface area contributed by atoms with Crippen LogP contribution in [-0.4, -0.2) is 66.1 Å². The number of carbonyl (C=O) groups is 1. The second-order valence-corrected chi connectivity index (χ2v) is 5.57. The van der Waals surface area contributed by atoms with Crippen LogP contribution in [0.1, 0.15) is 23.2 Å². The number of halogens is 1. The molecule has 0 bridgehead atoms. The summed E-state index contributed by atoms with van der Waals surface area (Å²) in [6.45, 7) is 4.67. The molecule has 0 spiro atoms. The zero-order valence-electron chi connectivity index (χ0n) is 12.0. The van der Waals surface area contributed by atoms with E-state index in [1.807, 2.05) is 0 Å². The van der Waals surface area contributed by atoms with Gasteiger partial charge in [0.25, 0.3) is 5.91 Å². The highest BCUT2D eigenvalue weighted by Crippen LogP contribution is 2.15. The summed E-state index contributed by atoms with van der Waals surface area (Å²) < 4.78 is 19.2. The van der Waals surface area contributed by atoms with Crippen molar-refractivity contribution in [3.63, 3.8) is 0 Å². The number of aromatic nitrogens is 1. The second kappa shape index (κ2) is 6.49. The minimum Gasteiger partial charge on any atom is -0.377 e. The normalized spacial score (nSPS) is 23.5. The Morgan fingerprint density at radius 2 is 2.19 bits per heavy atom. The lowest BCUT2D eigenvalue weighted by Crippen LogP contribution is -2.50. The van der Waals surface area contributed by atoms with E-state index in [0.29, 0.717) is 19.2 Å². The number of amides is 1. The maximum absolute atomic E-state index is 13.6. The van der Waals surface area contributed by atoms with E-state index in [0.717, 1.165) is 39.1 Å². The van der Waals surface area contributed by atoms with Gasteiger partial charge >= 0.3 is 0 Å². The lowest BCUT2D eigenvalue weighted by molar-refractivity contribution is 0.0430. The molecule has 1 amide bonds. The van der Waals surface area contributed by atoms with Crippen molar-refractivity contribution in [3.05, 3.63) is 29.8 Å². The van der Waals surface area contributed by atoms with Crippen molar-refractivity contribution >= 4 is 5.91 Å². The first-order valence-corrected chi connectivity index (χ1v) is 7.48. The molecule has 21 heavy (non-hydrogen) atoms. The van der Waals surface area contributed by atoms with Gasteiger partial charge in [-0.3, -0.25) is 9.69 Å². The molecule has 2 aliphatic rings. The van der Waals surface area contributed by atoms with Crippen LogP contribution in [-0.2, 0) is 4.74 Å². The van der Waals surface area contributed by atoms with Crippen LogP contribution in [0.25, 0.3) is 0 Å². The van der Waals surface area contributed by atoms with Gasteiger partial charge < -0.3 is 9.64 Å². The van der Waals surface area contributed by atoms with Gasteiger partial charge in [0, 0.05) is 45.5 Å². The Labute approximate surface area is 123 Å². The average molecular weight is 293 g/mol. The van der Waals surface area contributed by atoms with Crippen molar-refractivity contribution in [2.75, 3.05) is 39.3 Å². The van der Waals surface area contributed by atoms with Crippen molar-refractivity contribution in [1.82, 2.24) is 14.8 Å². The molecule has 0 N–H and O–H groups in total. The number of hydrogen-bond acceptors (Lipinski definition) is 4. The Morgan fingerprint density at radius 3 is 2.86 bits per heavy atom. The Morgan fingerprint density at radius 1 is 1.38 bits per heavy atom. The molecule has 2 fully saturated rings. The van der Waals surface area contributed by atoms with E-state index in [1.54, 1.807) is 11.0 Å². The predicted octanol–water partition coefficient (Wildman–Crippen LogP) is 1.16. The highest BCUT2D eigenvalue weighted by atomic mass is 19.1.